The van der Waals surface area contributed by atoms with Crippen molar-refractivity contribution < 1.29 is 18.8 Å². The molecule has 0 aromatic heterocycles. The molecule has 5 fully saturated rings. The lowest BCUT2D eigenvalue weighted by Crippen LogP contribution is -2.61. The zero-order chi connectivity index (χ0) is 31.6. The number of halogens is 1. The Morgan fingerprint density at radius 3 is 2.23 bits per heavy atom. The molecule has 8 heteroatoms. The first-order chi connectivity index (χ1) is 20.9. The summed E-state index contributed by atoms with van der Waals surface area (Å²) in [7, 11) is 0. The summed E-state index contributed by atoms with van der Waals surface area (Å²) >= 11 is 0. The predicted octanol–water partition coefficient (Wildman–Crippen LogP) is 5.47. The summed E-state index contributed by atoms with van der Waals surface area (Å²) in [6.07, 6.45) is 10.3. The Morgan fingerprint density at radius 2 is 1.64 bits per heavy atom. The molecule has 44 heavy (non-hydrogen) atoms. The van der Waals surface area contributed by atoms with E-state index in [0.717, 1.165) is 57.1 Å². The maximum absolute atomic E-state index is 14.2. The molecule has 7 nitrogen and oxygen atoms in total. The van der Waals surface area contributed by atoms with E-state index in [1.165, 1.54) is 18.6 Å². The Bertz CT molecular complexity index is 1160. The molecule has 2 bridgehead atoms. The number of hydrogen-bond acceptors (Lipinski definition) is 4. The molecule has 2 N–H and O–H groups in total. The molecule has 3 aliphatic heterocycles. The third-order valence-corrected chi connectivity index (χ3v) is 11.1. The largest absolute Gasteiger partial charge is 0.351 e. The van der Waals surface area contributed by atoms with Gasteiger partial charge in [0.2, 0.25) is 17.7 Å². The molecule has 244 valence electrons. The van der Waals surface area contributed by atoms with Crippen LogP contribution in [0, 0.1) is 29.0 Å². The van der Waals surface area contributed by atoms with Gasteiger partial charge in [0.25, 0.3) is 0 Å². The molecule has 0 spiro atoms. The number of nitrogens with zero attached hydrogens (tertiary/aromatic N) is 2. The number of fused-ring (bicyclic) bond motifs is 3. The van der Waals surface area contributed by atoms with E-state index in [1.807, 2.05) is 25.7 Å². The second-order valence-electron chi connectivity index (χ2n) is 15.6. The SMILES string of the molecule is CC(C)N1C[C@H]2CCC1[C@@H](C(=O)N[C@H](Cc1ccc(F)cc1)C(=O)N1CCC(C(=O)NC(C)(C)C)(C3CCCCC3)CC1)C2. The topological polar surface area (TPSA) is 81.8 Å². The van der Waals surface area contributed by atoms with Gasteiger partial charge in [0.05, 0.1) is 11.3 Å². The van der Waals surface area contributed by atoms with Crippen LogP contribution in [0.25, 0.3) is 0 Å². The normalized spacial score (nSPS) is 26.8. The fraction of sp³-hybridized carbons (Fsp3) is 0.750. The number of hydrogen-bond donors (Lipinski definition) is 2. The van der Waals surface area contributed by atoms with E-state index < -0.39 is 11.5 Å². The van der Waals surface area contributed by atoms with Crippen molar-refractivity contribution in [2.24, 2.45) is 23.2 Å². The second-order valence-corrected chi connectivity index (χ2v) is 15.6. The highest BCUT2D eigenvalue weighted by Gasteiger charge is 2.50. The summed E-state index contributed by atoms with van der Waals surface area (Å²) in [5.41, 5.74) is 0.0269. The first-order valence-corrected chi connectivity index (χ1v) is 17.3. The van der Waals surface area contributed by atoms with Gasteiger partial charge in [0.15, 0.2) is 0 Å². The molecule has 1 aromatic rings. The Morgan fingerprint density at radius 1 is 0.977 bits per heavy atom. The van der Waals surface area contributed by atoms with Gasteiger partial charge in [-0.2, -0.15) is 0 Å². The highest BCUT2D eigenvalue weighted by atomic mass is 19.1. The first-order valence-electron chi connectivity index (χ1n) is 17.3. The van der Waals surface area contributed by atoms with E-state index in [9.17, 15) is 18.8 Å². The van der Waals surface area contributed by atoms with E-state index in [2.05, 4.69) is 29.4 Å². The number of nitrogens with one attached hydrogen (secondary N) is 2. The predicted molar refractivity (Wildman–Crippen MR) is 171 cm³/mol. The molecule has 1 aromatic carbocycles. The summed E-state index contributed by atoms with van der Waals surface area (Å²) < 4.78 is 13.7. The van der Waals surface area contributed by atoms with Crippen molar-refractivity contribution in [1.29, 1.82) is 0 Å². The number of rotatable bonds is 8. The molecule has 4 atom stereocenters. The van der Waals surface area contributed by atoms with Crippen molar-refractivity contribution in [3.05, 3.63) is 35.6 Å². The van der Waals surface area contributed by atoms with Crippen LogP contribution in [0.4, 0.5) is 4.39 Å². The molecular formula is C36H55FN4O3. The minimum atomic E-state index is -0.730. The lowest BCUT2D eigenvalue weighted by molar-refractivity contribution is -0.148. The molecule has 2 aliphatic carbocycles. The maximum atomic E-state index is 14.2. The molecule has 0 radical (unpaired) electrons. The van der Waals surface area contributed by atoms with Crippen LogP contribution in [0.5, 0.6) is 0 Å². The van der Waals surface area contributed by atoms with Crippen LogP contribution in [-0.4, -0.2) is 70.8 Å². The van der Waals surface area contributed by atoms with Crippen molar-refractivity contribution in [3.63, 3.8) is 0 Å². The van der Waals surface area contributed by atoms with Gasteiger partial charge in [-0.05, 0) is 109 Å². The molecule has 2 saturated carbocycles. The molecule has 3 amide bonds. The van der Waals surface area contributed by atoms with Crippen LogP contribution < -0.4 is 10.6 Å². The number of likely N-dealkylation sites (tertiary alicyclic amines) is 1. The fourth-order valence-electron chi connectivity index (χ4n) is 8.74. The van der Waals surface area contributed by atoms with E-state index in [0.29, 0.717) is 50.2 Å². The van der Waals surface area contributed by atoms with Gasteiger partial charge in [-0.1, -0.05) is 31.4 Å². The van der Waals surface area contributed by atoms with Gasteiger partial charge in [-0.25, -0.2) is 4.39 Å². The second kappa shape index (κ2) is 13.5. The highest BCUT2D eigenvalue weighted by molar-refractivity contribution is 5.90. The number of amides is 3. The van der Waals surface area contributed by atoms with Gasteiger partial charge in [0, 0.05) is 43.7 Å². The summed E-state index contributed by atoms with van der Waals surface area (Å²) in [6.45, 7) is 12.5. The number of benzene rings is 1. The number of carbonyl (C=O) groups is 3. The molecule has 6 rings (SSSR count). The van der Waals surface area contributed by atoms with Crippen LogP contribution >= 0.6 is 0 Å². The Balaban J connectivity index is 1.33. The van der Waals surface area contributed by atoms with E-state index in [1.54, 1.807) is 12.1 Å². The van der Waals surface area contributed by atoms with Gasteiger partial charge in [0.1, 0.15) is 11.9 Å². The third-order valence-electron chi connectivity index (χ3n) is 11.1. The molecule has 3 heterocycles. The first kappa shape index (κ1) is 32.9. The lowest BCUT2D eigenvalue weighted by Gasteiger charge is -2.51. The smallest absolute Gasteiger partial charge is 0.245 e. The molecule has 1 unspecified atom stereocenters. The van der Waals surface area contributed by atoms with Crippen molar-refractivity contribution >= 4 is 17.7 Å². The summed E-state index contributed by atoms with van der Waals surface area (Å²) in [5, 5.41) is 6.48. The Kier molecular flexibility index (Phi) is 10.1. The Hall–Kier alpha value is -2.48. The van der Waals surface area contributed by atoms with Gasteiger partial charge in [-0.3, -0.25) is 19.3 Å². The number of carbonyl (C=O) groups excluding carboxylic acids is 3. The van der Waals surface area contributed by atoms with Crippen LogP contribution in [0.2, 0.25) is 0 Å². The van der Waals surface area contributed by atoms with Crippen molar-refractivity contribution in [3.8, 4) is 0 Å². The lowest BCUT2D eigenvalue weighted by atomic mass is 9.63. The summed E-state index contributed by atoms with van der Waals surface area (Å²) in [6, 6.07) is 6.07. The summed E-state index contributed by atoms with van der Waals surface area (Å²) in [5.74, 6) is 0.379. The van der Waals surface area contributed by atoms with E-state index in [-0.39, 0.29) is 41.0 Å². The minimum absolute atomic E-state index is 0.0383. The molecule has 3 saturated heterocycles. The van der Waals surface area contributed by atoms with Crippen molar-refractivity contribution in [1.82, 2.24) is 20.4 Å². The highest BCUT2D eigenvalue weighted by Crippen LogP contribution is 2.46. The van der Waals surface area contributed by atoms with Gasteiger partial charge < -0.3 is 15.5 Å². The Labute approximate surface area is 264 Å². The minimum Gasteiger partial charge on any atom is -0.351 e. The van der Waals surface area contributed by atoms with E-state index >= 15 is 0 Å². The van der Waals surface area contributed by atoms with Crippen molar-refractivity contribution in [2.45, 2.75) is 129 Å². The zero-order valence-corrected chi connectivity index (χ0v) is 27.7. The summed E-state index contributed by atoms with van der Waals surface area (Å²) in [4.78, 5) is 46.3. The number of piperidine rings is 3. The van der Waals surface area contributed by atoms with Crippen LogP contribution in [0.3, 0.4) is 0 Å². The van der Waals surface area contributed by atoms with E-state index in [4.69, 9.17) is 0 Å². The van der Waals surface area contributed by atoms with Gasteiger partial charge >= 0.3 is 0 Å². The quantitative estimate of drug-likeness (QED) is 0.409. The third kappa shape index (κ3) is 7.32. The average Bonchev–Trinajstić information content (AvgIpc) is 3.01. The van der Waals surface area contributed by atoms with Crippen LogP contribution in [0.1, 0.15) is 104 Å². The average molecular weight is 611 g/mol. The van der Waals surface area contributed by atoms with Crippen LogP contribution in [0.15, 0.2) is 24.3 Å². The molecular weight excluding hydrogens is 555 g/mol. The zero-order valence-electron chi connectivity index (χ0n) is 27.7. The monoisotopic (exact) mass is 610 g/mol. The van der Waals surface area contributed by atoms with Crippen molar-refractivity contribution in [2.75, 3.05) is 19.6 Å². The van der Waals surface area contributed by atoms with Crippen LogP contribution in [-0.2, 0) is 20.8 Å². The molecule has 5 aliphatic rings. The standard InChI is InChI=1S/C36H55FN4O3/c1-24(2)41-23-26-13-16-31(41)29(21-26)32(42)38-30(22-25-11-14-28(37)15-12-25)33(43)40-19-17-36(18-20-40,27-9-7-6-8-10-27)34(44)39-35(3,4)5/h11-12,14-15,24,26-27,29-31H,6-10,13,16-23H2,1-5H3,(H,38,42)(H,39,44)/t26-,29-,30+,31?/m0/s1. The fourth-order valence-corrected chi connectivity index (χ4v) is 8.74. The van der Waals surface area contributed by atoms with Gasteiger partial charge in [-0.15, -0.1) is 0 Å². The maximum Gasteiger partial charge on any atom is 0.245 e.